The van der Waals surface area contributed by atoms with Crippen molar-refractivity contribution in [2.24, 2.45) is 5.73 Å². The van der Waals surface area contributed by atoms with Crippen LogP contribution in [-0.4, -0.2) is 13.2 Å². The lowest BCUT2D eigenvalue weighted by molar-refractivity contribution is 0.151. The molecule has 0 bridgehead atoms. The molecule has 2 unspecified atom stereocenters. The normalized spacial score (nSPS) is 19.1. The Bertz CT molecular complexity index is 1010. The van der Waals surface area contributed by atoms with Crippen LogP contribution in [0.25, 0.3) is 10.8 Å². The Balaban J connectivity index is 1.86. The summed E-state index contributed by atoms with van der Waals surface area (Å²) in [5.41, 5.74) is 6.90. The average Bonchev–Trinajstić information content (AvgIpc) is 2.63. The molecule has 3 nitrogen and oxygen atoms in total. The maximum atomic E-state index is 14.2. The molecule has 1 heterocycles. The maximum absolute atomic E-state index is 14.2. The van der Waals surface area contributed by atoms with Gasteiger partial charge in [-0.05, 0) is 18.6 Å². The second kappa shape index (κ2) is 6.21. The molecule has 4 rings (SSSR count). The summed E-state index contributed by atoms with van der Waals surface area (Å²) in [6, 6.07) is 10.0. The van der Waals surface area contributed by atoms with Crippen molar-refractivity contribution in [1.82, 2.24) is 0 Å². The zero-order chi connectivity index (χ0) is 18.4. The number of hydrogen-bond donors (Lipinski definition) is 1. The Morgan fingerprint density at radius 1 is 1.00 bits per heavy atom. The van der Waals surface area contributed by atoms with Gasteiger partial charge >= 0.3 is 0 Å². The fraction of sp³-hybridized carbons (Fsp3) is 0.200. The third kappa shape index (κ3) is 2.57. The van der Waals surface area contributed by atoms with Crippen LogP contribution < -0.4 is 15.2 Å². The van der Waals surface area contributed by atoms with Crippen LogP contribution in [0.2, 0.25) is 0 Å². The highest BCUT2D eigenvalue weighted by Gasteiger charge is 2.33. The Morgan fingerprint density at radius 3 is 2.42 bits per heavy atom. The molecule has 3 aromatic carbocycles. The van der Waals surface area contributed by atoms with E-state index in [2.05, 4.69) is 0 Å². The smallest absolute Gasteiger partial charge is 0.161 e. The SMILES string of the molecule is COc1cc2c(c3ccccc13)OC(c1cc(F)c(F)cc1F)C(N)C2. The minimum absolute atomic E-state index is 0.0954. The van der Waals surface area contributed by atoms with E-state index in [1.165, 1.54) is 0 Å². The topological polar surface area (TPSA) is 44.5 Å². The van der Waals surface area contributed by atoms with Crippen molar-refractivity contribution >= 4 is 10.8 Å². The maximum Gasteiger partial charge on any atom is 0.161 e. The van der Waals surface area contributed by atoms with E-state index in [4.69, 9.17) is 15.2 Å². The highest BCUT2D eigenvalue weighted by atomic mass is 19.2. The highest BCUT2D eigenvalue weighted by Crippen LogP contribution is 2.43. The van der Waals surface area contributed by atoms with Crippen molar-refractivity contribution < 1.29 is 22.6 Å². The van der Waals surface area contributed by atoms with Gasteiger partial charge in [-0.2, -0.15) is 0 Å². The quantitative estimate of drug-likeness (QED) is 0.695. The Kier molecular flexibility index (Phi) is 4.00. The van der Waals surface area contributed by atoms with E-state index in [0.717, 1.165) is 22.4 Å². The summed E-state index contributed by atoms with van der Waals surface area (Å²) >= 11 is 0. The van der Waals surface area contributed by atoms with Crippen molar-refractivity contribution in [3.05, 3.63) is 71.0 Å². The van der Waals surface area contributed by atoms with Crippen LogP contribution in [0.5, 0.6) is 11.5 Å². The van der Waals surface area contributed by atoms with E-state index in [9.17, 15) is 13.2 Å². The van der Waals surface area contributed by atoms with Crippen LogP contribution in [0, 0.1) is 17.5 Å². The van der Waals surface area contributed by atoms with Gasteiger partial charge < -0.3 is 15.2 Å². The number of methoxy groups -OCH3 is 1. The Morgan fingerprint density at radius 2 is 1.69 bits per heavy atom. The molecule has 1 aliphatic heterocycles. The number of ether oxygens (including phenoxy) is 2. The van der Waals surface area contributed by atoms with Crippen LogP contribution >= 0.6 is 0 Å². The fourth-order valence-electron chi connectivity index (χ4n) is 3.46. The van der Waals surface area contributed by atoms with Crippen LogP contribution in [0.1, 0.15) is 17.2 Å². The first-order valence-electron chi connectivity index (χ1n) is 8.15. The Labute approximate surface area is 148 Å². The molecular weight excluding hydrogens is 343 g/mol. The van der Waals surface area contributed by atoms with Crippen molar-refractivity contribution in [3.8, 4) is 11.5 Å². The predicted octanol–water partition coefficient (Wildman–Crippen LogP) is 4.27. The molecule has 0 radical (unpaired) electrons. The second-order valence-electron chi connectivity index (χ2n) is 6.31. The van der Waals surface area contributed by atoms with Gasteiger partial charge in [-0.15, -0.1) is 0 Å². The summed E-state index contributed by atoms with van der Waals surface area (Å²) in [7, 11) is 1.58. The van der Waals surface area contributed by atoms with Crippen LogP contribution in [0.3, 0.4) is 0 Å². The molecular formula is C20H16F3NO2. The van der Waals surface area contributed by atoms with E-state index in [-0.39, 0.29) is 5.56 Å². The molecule has 0 saturated heterocycles. The highest BCUT2D eigenvalue weighted by molar-refractivity contribution is 5.94. The molecule has 2 atom stereocenters. The largest absolute Gasteiger partial charge is 0.496 e. The summed E-state index contributed by atoms with van der Waals surface area (Å²) in [5, 5.41) is 1.63. The summed E-state index contributed by atoms with van der Waals surface area (Å²) < 4.78 is 52.6. The summed E-state index contributed by atoms with van der Waals surface area (Å²) in [6.07, 6.45) is -0.533. The van der Waals surface area contributed by atoms with E-state index in [1.54, 1.807) is 7.11 Å². The molecule has 0 fully saturated rings. The third-order valence-corrected chi connectivity index (χ3v) is 4.69. The average molecular weight is 359 g/mol. The molecule has 134 valence electrons. The lowest BCUT2D eigenvalue weighted by Crippen LogP contribution is -2.38. The van der Waals surface area contributed by atoms with E-state index in [0.29, 0.717) is 24.0 Å². The van der Waals surface area contributed by atoms with Gasteiger partial charge in [0.05, 0.1) is 13.2 Å². The minimum atomic E-state index is -1.24. The molecule has 0 saturated carbocycles. The second-order valence-corrected chi connectivity index (χ2v) is 6.31. The molecule has 0 spiro atoms. The Hall–Kier alpha value is -2.73. The number of rotatable bonds is 2. The molecule has 3 aromatic rings. The lowest BCUT2D eigenvalue weighted by atomic mass is 9.90. The number of halogens is 3. The third-order valence-electron chi connectivity index (χ3n) is 4.69. The van der Waals surface area contributed by atoms with Gasteiger partial charge in [-0.25, -0.2) is 13.2 Å². The summed E-state index contributed by atoms with van der Waals surface area (Å²) in [4.78, 5) is 0. The fourth-order valence-corrected chi connectivity index (χ4v) is 3.46. The molecule has 0 amide bonds. The monoisotopic (exact) mass is 359 g/mol. The van der Waals surface area contributed by atoms with Crippen molar-refractivity contribution in [1.29, 1.82) is 0 Å². The number of hydrogen-bond acceptors (Lipinski definition) is 3. The van der Waals surface area contributed by atoms with Crippen LogP contribution in [-0.2, 0) is 6.42 Å². The van der Waals surface area contributed by atoms with Gasteiger partial charge in [0.2, 0.25) is 0 Å². The van der Waals surface area contributed by atoms with E-state index in [1.807, 2.05) is 30.3 Å². The van der Waals surface area contributed by atoms with Gasteiger partial charge in [0.25, 0.3) is 0 Å². The first-order valence-corrected chi connectivity index (χ1v) is 8.15. The van der Waals surface area contributed by atoms with Gasteiger partial charge in [0, 0.05) is 28.0 Å². The van der Waals surface area contributed by atoms with Gasteiger partial charge in [0.15, 0.2) is 11.6 Å². The van der Waals surface area contributed by atoms with E-state index < -0.39 is 29.6 Å². The zero-order valence-electron chi connectivity index (χ0n) is 13.9. The van der Waals surface area contributed by atoms with Crippen molar-refractivity contribution in [3.63, 3.8) is 0 Å². The van der Waals surface area contributed by atoms with Gasteiger partial charge in [-0.1, -0.05) is 24.3 Å². The van der Waals surface area contributed by atoms with Crippen molar-refractivity contribution in [2.75, 3.05) is 7.11 Å². The lowest BCUT2D eigenvalue weighted by Gasteiger charge is -2.33. The van der Waals surface area contributed by atoms with Crippen molar-refractivity contribution in [2.45, 2.75) is 18.6 Å². The van der Waals surface area contributed by atoms with E-state index >= 15 is 0 Å². The predicted molar refractivity (Wildman–Crippen MR) is 91.9 cm³/mol. The first-order chi connectivity index (χ1) is 12.5. The number of benzene rings is 3. The zero-order valence-corrected chi connectivity index (χ0v) is 13.9. The molecule has 0 aromatic heterocycles. The molecule has 1 aliphatic rings. The molecule has 26 heavy (non-hydrogen) atoms. The minimum Gasteiger partial charge on any atom is -0.496 e. The number of nitrogens with two attached hydrogens (primary N) is 1. The summed E-state index contributed by atoms with van der Waals surface area (Å²) in [6.45, 7) is 0. The number of fused-ring (bicyclic) bond motifs is 3. The van der Waals surface area contributed by atoms with Crippen LogP contribution in [0.15, 0.2) is 42.5 Å². The molecule has 6 heteroatoms. The molecule has 2 N–H and O–H groups in total. The molecule has 0 aliphatic carbocycles. The van der Waals surface area contributed by atoms with Gasteiger partial charge in [0.1, 0.15) is 23.4 Å². The summed E-state index contributed by atoms with van der Waals surface area (Å²) in [5.74, 6) is -2.02. The standard InChI is InChI=1S/C20H16F3NO2/c1-25-18-7-10-6-17(24)20(13-8-15(22)16(23)9-14(13)21)26-19(10)12-5-3-2-4-11(12)18/h2-5,7-9,17,20H,6,24H2,1H3. The van der Waals surface area contributed by atoms with Crippen LogP contribution in [0.4, 0.5) is 13.2 Å². The van der Waals surface area contributed by atoms with Gasteiger partial charge in [-0.3, -0.25) is 0 Å². The first kappa shape index (κ1) is 16.7.